The van der Waals surface area contributed by atoms with E-state index in [2.05, 4.69) is 34.6 Å². The zero-order chi connectivity index (χ0) is 19.0. The zero-order valence-electron chi connectivity index (χ0n) is 15.8. The summed E-state index contributed by atoms with van der Waals surface area (Å²) in [6.07, 6.45) is 4.10. The first-order chi connectivity index (χ1) is 13.7. The fourth-order valence-electron chi connectivity index (χ4n) is 4.06. The second kappa shape index (κ2) is 7.06. The lowest BCUT2D eigenvalue weighted by molar-refractivity contribution is 0.0487. The zero-order valence-corrected chi connectivity index (χ0v) is 15.8. The molecule has 2 fully saturated rings. The summed E-state index contributed by atoms with van der Waals surface area (Å²) in [5.41, 5.74) is 3.31. The molecular weight excluding hydrogens is 352 g/mol. The molecule has 28 heavy (non-hydrogen) atoms. The number of aromatic nitrogens is 1. The van der Waals surface area contributed by atoms with E-state index in [0.717, 1.165) is 50.3 Å². The minimum atomic E-state index is -0.0787. The molecule has 5 nitrogen and oxygen atoms in total. The summed E-state index contributed by atoms with van der Waals surface area (Å²) in [4.78, 5) is 17.4. The van der Waals surface area contributed by atoms with Crippen molar-refractivity contribution in [1.82, 2.24) is 10.3 Å². The minimum Gasteiger partial charge on any atom is -0.440 e. The molecule has 1 aromatic heterocycles. The molecule has 3 aromatic rings. The van der Waals surface area contributed by atoms with E-state index in [-0.39, 0.29) is 11.3 Å². The molecular formula is C23H24N2O3. The van der Waals surface area contributed by atoms with Crippen molar-refractivity contribution in [3.63, 3.8) is 0 Å². The molecule has 0 unspecified atom stereocenters. The van der Waals surface area contributed by atoms with Crippen LogP contribution in [0.1, 0.15) is 53.4 Å². The van der Waals surface area contributed by atoms with Gasteiger partial charge in [0.15, 0.2) is 11.5 Å². The van der Waals surface area contributed by atoms with Gasteiger partial charge in [0.1, 0.15) is 5.52 Å². The number of nitrogens with zero attached hydrogens (tertiary/aromatic N) is 1. The average molecular weight is 376 g/mol. The van der Waals surface area contributed by atoms with E-state index in [1.54, 1.807) is 0 Å². The lowest BCUT2D eigenvalue weighted by atomic mass is 9.74. The Kier molecular flexibility index (Phi) is 4.40. The molecule has 1 N–H and O–H groups in total. The van der Waals surface area contributed by atoms with Crippen LogP contribution in [0.3, 0.4) is 0 Å². The van der Waals surface area contributed by atoms with E-state index >= 15 is 0 Å². The Morgan fingerprint density at radius 3 is 2.64 bits per heavy atom. The van der Waals surface area contributed by atoms with Crippen molar-refractivity contribution in [3.8, 4) is 0 Å². The van der Waals surface area contributed by atoms with E-state index in [1.807, 2.05) is 24.3 Å². The van der Waals surface area contributed by atoms with Gasteiger partial charge >= 0.3 is 0 Å². The number of oxazole rings is 1. The molecule has 1 saturated carbocycles. The van der Waals surface area contributed by atoms with Crippen molar-refractivity contribution < 1.29 is 13.9 Å². The van der Waals surface area contributed by atoms with Gasteiger partial charge in [-0.25, -0.2) is 4.98 Å². The van der Waals surface area contributed by atoms with Crippen LogP contribution in [0.5, 0.6) is 0 Å². The Morgan fingerprint density at radius 2 is 1.89 bits per heavy atom. The van der Waals surface area contributed by atoms with Gasteiger partial charge in [0.25, 0.3) is 5.91 Å². The van der Waals surface area contributed by atoms with Gasteiger partial charge in [-0.05, 0) is 49.4 Å². The van der Waals surface area contributed by atoms with Gasteiger partial charge in [0.2, 0.25) is 0 Å². The number of carbonyl (C=O) groups is 1. The summed E-state index contributed by atoms with van der Waals surface area (Å²) >= 11 is 0. The van der Waals surface area contributed by atoms with Crippen molar-refractivity contribution in [2.24, 2.45) is 0 Å². The lowest BCUT2D eigenvalue weighted by Gasteiger charge is -2.38. The largest absolute Gasteiger partial charge is 0.440 e. The maximum Gasteiger partial charge on any atom is 0.251 e. The molecule has 1 saturated heterocycles. The van der Waals surface area contributed by atoms with Crippen LogP contribution < -0.4 is 5.32 Å². The van der Waals surface area contributed by atoms with Crippen LogP contribution >= 0.6 is 0 Å². The fourth-order valence-corrected chi connectivity index (χ4v) is 4.06. The van der Waals surface area contributed by atoms with E-state index in [0.29, 0.717) is 23.6 Å². The third kappa shape index (κ3) is 3.31. The van der Waals surface area contributed by atoms with Gasteiger partial charge in [-0.15, -0.1) is 0 Å². The van der Waals surface area contributed by atoms with Gasteiger partial charge in [-0.3, -0.25) is 4.79 Å². The Bertz CT molecular complexity index is 986. The first-order valence-corrected chi connectivity index (χ1v) is 10.1. The second-order valence-electron chi connectivity index (χ2n) is 7.95. The Morgan fingerprint density at radius 1 is 1.11 bits per heavy atom. The van der Waals surface area contributed by atoms with Gasteiger partial charge in [0, 0.05) is 36.7 Å². The van der Waals surface area contributed by atoms with Gasteiger partial charge in [-0.1, -0.05) is 30.3 Å². The molecule has 2 aliphatic rings. The molecule has 5 rings (SSSR count). The summed E-state index contributed by atoms with van der Waals surface area (Å²) in [5.74, 6) is 1.19. The van der Waals surface area contributed by atoms with E-state index in [4.69, 9.17) is 9.15 Å². The van der Waals surface area contributed by atoms with Crippen LogP contribution in [-0.4, -0.2) is 30.6 Å². The first-order valence-electron chi connectivity index (χ1n) is 10.1. The maximum absolute atomic E-state index is 12.9. The highest BCUT2D eigenvalue weighted by atomic mass is 16.5. The number of benzene rings is 2. The number of rotatable bonds is 5. The lowest BCUT2D eigenvalue weighted by Crippen LogP contribution is -2.44. The number of hydrogen-bond donors (Lipinski definition) is 1. The molecule has 1 aliphatic carbocycles. The number of nitrogens with one attached hydrogen (secondary N) is 1. The number of hydrogen-bond acceptors (Lipinski definition) is 4. The van der Waals surface area contributed by atoms with Gasteiger partial charge in [0.05, 0.1) is 0 Å². The number of fused-ring (bicyclic) bond motifs is 1. The third-order valence-electron chi connectivity index (χ3n) is 6.02. The highest BCUT2D eigenvalue weighted by molar-refractivity contribution is 5.97. The molecule has 0 spiro atoms. The Hall–Kier alpha value is -2.66. The molecule has 2 heterocycles. The van der Waals surface area contributed by atoms with Gasteiger partial charge < -0.3 is 14.5 Å². The summed E-state index contributed by atoms with van der Waals surface area (Å²) in [6.45, 7) is 2.04. The minimum absolute atomic E-state index is 0.0759. The Labute approximate surface area is 164 Å². The molecule has 144 valence electrons. The van der Waals surface area contributed by atoms with E-state index < -0.39 is 0 Å². The van der Waals surface area contributed by atoms with E-state index in [1.165, 1.54) is 5.56 Å². The van der Waals surface area contributed by atoms with Gasteiger partial charge in [-0.2, -0.15) is 0 Å². The first kappa shape index (κ1) is 17.4. The monoisotopic (exact) mass is 376 g/mol. The fraction of sp³-hybridized carbons (Fsp3) is 0.391. The molecule has 1 aliphatic heterocycles. The summed E-state index contributed by atoms with van der Waals surface area (Å²) in [7, 11) is 0. The predicted octanol–water partition coefficient (Wildman–Crippen LogP) is 4.18. The van der Waals surface area contributed by atoms with E-state index in [9.17, 15) is 4.79 Å². The SMILES string of the molecule is O=C(NCC1(c2ccccc2)CCOCC1)c1ccc2nc(C3CC3)oc2c1. The van der Waals surface area contributed by atoms with Crippen LogP contribution in [0.15, 0.2) is 52.9 Å². The number of amides is 1. The van der Waals surface area contributed by atoms with Crippen LogP contribution in [-0.2, 0) is 10.2 Å². The quantitative estimate of drug-likeness (QED) is 0.725. The summed E-state index contributed by atoms with van der Waals surface area (Å²) in [5, 5.41) is 3.16. The molecule has 5 heteroatoms. The third-order valence-corrected chi connectivity index (χ3v) is 6.02. The van der Waals surface area contributed by atoms with Crippen LogP contribution in [0, 0.1) is 0 Å². The van der Waals surface area contributed by atoms with Crippen LogP contribution in [0.4, 0.5) is 0 Å². The molecule has 2 aromatic carbocycles. The smallest absolute Gasteiger partial charge is 0.251 e. The topological polar surface area (TPSA) is 64.4 Å². The molecule has 0 radical (unpaired) electrons. The van der Waals surface area contributed by atoms with Crippen molar-refractivity contribution in [1.29, 1.82) is 0 Å². The Balaban J connectivity index is 1.34. The summed E-state index contributed by atoms with van der Waals surface area (Å²) in [6, 6.07) is 16.0. The van der Waals surface area contributed by atoms with Crippen molar-refractivity contribution >= 4 is 17.0 Å². The maximum atomic E-state index is 12.9. The number of carbonyl (C=O) groups excluding carboxylic acids is 1. The molecule has 0 atom stereocenters. The van der Waals surface area contributed by atoms with Crippen molar-refractivity contribution in [3.05, 3.63) is 65.5 Å². The average Bonchev–Trinajstić information content (AvgIpc) is 3.52. The highest BCUT2D eigenvalue weighted by Gasteiger charge is 2.35. The predicted molar refractivity (Wildman–Crippen MR) is 106 cm³/mol. The summed E-state index contributed by atoms with van der Waals surface area (Å²) < 4.78 is 11.4. The molecule has 1 amide bonds. The molecule has 0 bridgehead atoms. The van der Waals surface area contributed by atoms with Crippen LogP contribution in [0.2, 0.25) is 0 Å². The second-order valence-corrected chi connectivity index (χ2v) is 7.95. The standard InChI is InChI=1S/C23H24N2O3/c26-21(17-8-9-19-20(14-17)28-22(25-19)16-6-7-16)24-15-23(10-12-27-13-11-23)18-4-2-1-3-5-18/h1-5,8-9,14,16H,6-7,10-13,15H2,(H,24,26). The normalized spacial score (nSPS) is 18.9. The van der Waals surface area contributed by atoms with Crippen molar-refractivity contribution in [2.75, 3.05) is 19.8 Å². The highest BCUT2D eigenvalue weighted by Crippen LogP contribution is 2.40. The van der Waals surface area contributed by atoms with Crippen molar-refractivity contribution in [2.45, 2.75) is 37.0 Å². The number of ether oxygens (including phenoxy) is 1. The van der Waals surface area contributed by atoms with Crippen LogP contribution in [0.25, 0.3) is 11.1 Å².